The Labute approximate surface area is 94.9 Å². The second kappa shape index (κ2) is 4.00. The summed E-state index contributed by atoms with van der Waals surface area (Å²) in [5, 5.41) is 4.01. The van der Waals surface area contributed by atoms with Gasteiger partial charge in [0.05, 0.1) is 0 Å². The number of carbonyl (C=O) groups is 1. The summed E-state index contributed by atoms with van der Waals surface area (Å²) in [7, 11) is 0. The lowest BCUT2D eigenvalue weighted by Crippen LogP contribution is -2.17. The Morgan fingerprint density at radius 2 is 2.06 bits per heavy atom. The molecule has 0 saturated carbocycles. The van der Waals surface area contributed by atoms with Crippen LogP contribution in [0.1, 0.15) is 19.5 Å². The molecule has 84 valence electrons. The van der Waals surface area contributed by atoms with Gasteiger partial charge in [0.25, 0.3) is 0 Å². The molecule has 1 amide bonds. The number of H-pyrrole nitrogens is 1. The van der Waals surface area contributed by atoms with Crippen molar-refractivity contribution in [3.8, 4) is 0 Å². The Morgan fingerprint density at radius 3 is 2.75 bits per heavy atom. The first kappa shape index (κ1) is 10.7. The van der Waals surface area contributed by atoms with E-state index in [-0.39, 0.29) is 11.8 Å². The van der Waals surface area contributed by atoms with Gasteiger partial charge in [-0.05, 0) is 31.2 Å². The maximum absolute atomic E-state index is 11.5. The fraction of sp³-hybridized carbons (Fsp3) is 0.308. The van der Waals surface area contributed by atoms with Gasteiger partial charge in [-0.1, -0.05) is 13.8 Å². The number of nitrogens with one attached hydrogen (secondary N) is 2. The van der Waals surface area contributed by atoms with E-state index in [1.807, 2.05) is 39.0 Å². The van der Waals surface area contributed by atoms with Crippen molar-refractivity contribution in [2.24, 2.45) is 5.92 Å². The number of aromatic nitrogens is 1. The second-order valence-electron chi connectivity index (χ2n) is 4.40. The van der Waals surface area contributed by atoms with Crippen molar-refractivity contribution in [3.05, 3.63) is 30.0 Å². The Kier molecular flexibility index (Phi) is 2.69. The van der Waals surface area contributed by atoms with Gasteiger partial charge in [-0.3, -0.25) is 4.79 Å². The number of amides is 1. The fourth-order valence-electron chi connectivity index (χ4n) is 1.64. The molecule has 0 atom stereocenters. The monoisotopic (exact) mass is 216 g/mol. The summed E-state index contributed by atoms with van der Waals surface area (Å²) in [6.07, 6.45) is 0. The third-order valence-corrected chi connectivity index (χ3v) is 2.55. The van der Waals surface area contributed by atoms with Gasteiger partial charge in [0.15, 0.2) is 0 Å². The number of aryl methyl sites for hydroxylation is 1. The number of anilines is 1. The summed E-state index contributed by atoms with van der Waals surface area (Å²) < 4.78 is 0. The number of rotatable bonds is 2. The molecule has 0 aliphatic heterocycles. The van der Waals surface area contributed by atoms with Gasteiger partial charge in [-0.15, -0.1) is 0 Å². The Morgan fingerprint density at radius 1 is 1.31 bits per heavy atom. The van der Waals surface area contributed by atoms with Gasteiger partial charge in [-0.2, -0.15) is 0 Å². The van der Waals surface area contributed by atoms with E-state index in [2.05, 4.69) is 16.4 Å². The van der Waals surface area contributed by atoms with E-state index in [0.717, 1.165) is 22.3 Å². The third kappa shape index (κ3) is 2.08. The average Bonchev–Trinajstić information content (AvgIpc) is 2.57. The van der Waals surface area contributed by atoms with Crippen LogP contribution in [0.3, 0.4) is 0 Å². The van der Waals surface area contributed by atoms with Crippen LogP contribution >= 0.6 is 0 Å². The molecule has 2 rings (SSSR count). The molecule has 1 heterocycles. The molecule has 0 bridgehead atoms. The highest BCUT2D eigenvalue weighted by molar-refractivity contribution is 5.94. The third-order valence-electron chi connectivity index (χ3n) is 2.55. The summed E-state index contributed by atoms with van der Waals surface area (Å²) in [5.41, 5.74) is 3.08. The normalized spacial score (nSPS) is 11.0. The first-order valence-electron chi connectivity index (χ1n) is 5.46. The molecule has 0 fully saturated rings. The number of hydrogen-bond donors (Lipinski definition) is 2. The number of hydrogen-bond acceptors (Lipinski definition) is 1. The fourth-order valence-corrected chi connectivity index (χ4v) is 1.64. The molecule has 0 unspecified atom stereocenters. The van der Waals surface area contributed by atoms with Gasteiger partial charge in [0.2, 0.25) is 5.91 Å². The first-order valence-corrected chi connectivity index (χ1v) is 5.46. The minimum atomic E-state index is 0.00339. The predicted octanol–water partition coefficient (Wildman–Crippen LogP) is 3.07. The molecule has 0 saturated heterocycles. The SMILES string of the molecule is Cc1cc2cc(NC(=O)C(C)C)ccc2[nH]1. The van der Waals surface area contributed by atoms with Gasteiger partial charge < -0.3 is 10.3 Å². The number of carbonyl (C=O) groups excluding carboxylic acids is 1. The van der Waals surface area contributed by atoms with Crippen LogP contribution in [0.15, 0.2) is 24.3 Å². The summed E-state index contributed by atoms with van der Waals surface area (Å²) >= 11 is 0. The highest BCUT2D eigenvalue weighted by Gasteiger charge is 2.07. The maximum Gasteiger partial charge on any atom is 0.226 e. The summed E-state index contributed by atoms with van der Waals surface area (Å²) in [4.78, 5) is 14.8. The molecule has 2 N–H and O–H groups in total. The minimum Gasteiger partial charge on any atom is -0.359 e. The molecule has 0 aliphatic carbocycles. The van der Waals surface area contributed by atoms with Crippen molar-refractivity contribution < 1.29 is 4.79 Å². The topological polar surface area (TPSA) is 44.9 Å². The zero-order valence-corrected chi connectivity index (χ0v) is 9.79. The highest BCUT2D eigenvalue weighted by atomic mass is 16.1. The number of aromatic amines is 1. The second-order valence-corrected chi connectivity index (χ2v) is 4.40. The summed E-state index contributed by atoms with van der Waals surface area (Å²) in [6.45, 7) is 5.79. The molecule has 1 aromatic heterocycles. The maximum atomic E-state index is 11.5. The average molecular weight is 216 g/mol. The number of fused-ring (bicyclic) bond motifs is 1. The lowest BCUT2D eigenvalue weighted by atomic mass is 10.2. The molecular formula is C13H16N2O. The van der Waals surface area contributed by atoms with Gasteiger partial charge >= 0.3 is 0 Å². The molecule has 3 nitrogen and oxygen atoms in total. The zero-order valence-electron chi connectivity index (χ0n) is 9.79. The number of benzene rings is 1. The van der Waals surface area contributed by atoms with Gasteiger partial charge in [0.1, 0.15) is 0 Å². The molecular weight excluding hydrogens is 200 g/mol. The minimum absolute atomic E-state index is 0.00339. The van der Waals surface area contributed by atoms with Crippen LogP contribution in [0.4, 0.5) is 5.69 Å². The lowest BCUT2D eigenvalue weighted by Gasteiger charge is -2.07. The molecule has 3 heteroatoms. The molecule has 0 radical (unpaired) electrons. The van der Waals surface area contributed by atoms with Crippen LogP contribution in [-0.4, -0.2) is 10.9 Å². The Bertz CT molecular complexity index is 526. The summed E-state index contributed by atoms with van der Waals surface area (Å²) in [5.74, 6) is 0.0512. The van der Waals surface area contributed by atoms with Crippen molar-refractivity contribution in [2.75, 3.05) is 5.32 Å². The van der Waals surface area contributed by atoms with Crippen molar-refractivity contribution in [3.63, 3.8) is 0 Å². The molecule has 2 aromatic rings. The van der Waals surface area contributed by atoms with E-state index in [1.54, 1.807) is 0 Å². The predicted molar refractivity (Wildman–Crippen MR) is 66.5 cm³/mol. The van der Waals surface area contributed by atoms with Crippen molar-refractivity contribution >= 4 is 22.5 Å². The van der Waals surface area contributed by atoms with Crippen LogP contribution in [-0.2, 0) is 4.79 Å². The van der Waals surface area contributed by atoms with Crippen LogP contribution in [0.2, 0.25) is 0 Å². The quantitative estimate of drug-likeness (QED) is 0.796. The van der Waals surface area contributed by atoms with E-state index >= 15 is 0 Å². The van der Waals surface area contributed by atoms with E-state index in [4.69, 9.17) is 0 Å². The van der Waals surface area contributed by atoms with E-state index in [9.17, 15) is 4.79 Å². The van der Waals surface area contributed by atoms with Crippen molar-refractivity contribution in [2.45, 2.75) is 20.8 Å². The Balaban J connectivity index is 2.29. The largest absolute Gasteiger partial charge is 0.359 e. The molecule has 16 heavy (non-hydrogen) atoms. The zero-order chi connectivity index (χ0) is 11.7. The molecule has 1 aromatic carbocycles. The smallest absolute Gasteiger partial charge is 0.226 e. The Hall–Kier alpha value is -1.77. The van der Waals surface area contributed by atoms with Crippen LogP contribution in [0.25, 0.3) is 10.9 Å². The van der Waals surface area contributed by atoms with Crippen LogP contribution < -0.4 is 5.32 Å². The van der Waals surface area contributed by atoms with E-state index < -0.39 is 0 Å². The highest BCUT2D eigenvalue weighted by Crippen LogP contribution is 2.20. The van der Waals surface area contributed by atoms with Gasteiger partial charge in [-0.25, -0.2) is 0 Å². The standard InChI is InChI=1S/C13H16N2O/c1-8(2)13(16)15-11-4-5-12-10(7-11)6-9(3)14-12/h4-8,14H,1-3H3,(H,15,16). The first-order chi connectivity index (χ1) is 7.56. The van der Waals surface area contributed by atoms with Crippen LogP contribution in [0.5, 0.6) is 0 Å². The molecule has 0 spiro atoms. The van der Waals surface area contributed by atoms with E-state index in [0.29, 0.717) is 0 Å². The van der Waals surface area contributed by atoms with E-state index in [1.165, 1.54) is 0 Å². The summed E-state index contributed by atoms with van der Waals surface area (Å²) in [6, 6.07) is 7.95. The van der Waals surface area contributed by atoms with Gasteiger partial charge in [0, 0.05) is 28.2 Å². The van der Waals surface area contributed by atoms with Crippen molar-refractivity contribution in [1.29, 1.82) is 0 Å². The van der Waals surface area contributed by atoms with Crippen molar-refractivity contribution in [1.82, 2.24) is 4.98 Å². The van der Waals surface area contributed by atoms with Crippen LogP contribution in [0, 0.1) is 12.8 Å². The lowest BCUT2D eigenvalue weighted by molar-refractivity contribution is -0.118. The molecule has 0 aliphatic rings.